The molecule has 1 aromatic rings. The number of benzene rings is 1. The predicted octanol–water partition coefficient (Wildman–Crippen LogP) is 2.11. The first kappa shape index (κ1) is 12.9. The minimum Gasteiger partial charge on any atom is -0.480 e. The van der Waals surface area contributed by atoms with Crippen LogP contribution in [0.5, 0.6) is 0 Å². The summed E-state index contributed by atoms with van der Waals surface area (Å²) in [4.78, 5) is 10.9. The molecule has 1 aromatic carbocycles. The Hall–Kier alpha value is -1.16. The van der Waals surface area contributed by atoms with E-state index in [0.717, 1.165) is 11.1 Å². The van der Waals surface area contributed by atoms with Crippen LogP contribution in [0.2, 0.25) is 0 Å². The van der Waals surface area contributed by atoms with E-state index in [4.69, 9.17) is 5.11 Å². The lowest BCUT2D eigenvalue weighted by molar-refractivity contribution is -0.139. The summed E-state index contributed by atoms with van der Waals surface area (Å²) in [6.45, 7) is 4.91. The molecule has 3 nitrogen and oxygen atoms in total. The highest BCUT2D eigenvalue weighted by Gasteiger charge is 2.34. The molecule has 0 aliphatic heterocycles. The number of carboxylic acid groups (broad SMARTS) is 1. The number of carboxylic acids is 1. The van der Waals surface area contributed by atoms with E-state index in [2.05, 4.69) is 0 Å². The summed E-state index contributed by atoms with van der Waals surface area (Å²) in [7, 11) is -1.42. The smallest absolute Gasteiger partial charge is 0.321 e. The normalized spacial score (nSPS) is 13.4. The number of aliphatic carboxylic acids is 1. The maximum atomic E-state index is 12.0. The molecular weight excluding hydrogens is 224 g/mol. The van der Waals surface area contributed by atoms with Crippen molar-refractivity contribution in [3.63, 3.8) is 0 Å². The molecule has 0 bridgehead atoms. The Morgan fingerprint density at radius 3 is 2.44 bits per heavy atom. The Kier molecular flexibility index (Phi) is 3.86. The van der Waals surface area contributed by atoms with Crippen molar-refractivity contribution in [1.82, 2.24) is 0 Å². The minimum atomic E-state index is -1.42. The molecule has 1 atom stereocenters. The third kappa shape index (κ3) is 2.70. The molecule has 1 unspecified atom stereocenters. The molecule has 0 spiro atoms. The number of carbonyl (C=O) groups is 1. The molecular formula is C12H16O3S. The van der Waals surface area contributed by atoms with E-state index >= 15 is 0 Å². The maximum Gasteiger partial charge on any atom is 0.321 e. The quantitative estimate of drug-likeness (QED) is 0.877. The largest absolute Gasteiger partial charge is 0.480 e. The molecule has 0 amide bonds. The molecule has 0 saturated carbocycles. The van der Waals surface area contributed by atoms with Crippen LogP contribution in [0, 0.1) is 6.92 Å². The van der Waals surface area contributed by atoms with E-state index in [1.165, 1.54) is 13.8 Å². The molecule has 0 aliphatic rings. The zero-order valence-corrected chi connectivity index (χ0v) is 10.5. The summed E-state index contributed by atoms with van der Waals surface area (Å²) in [6, 6.07) is 7.59. The lowest BCUT2D eigenvalue weighted by Crippen LogP contribution is -2.37. The average Bonchev–Trinajstić information content (AvgIpc) is 2.21. The number of hydrogen-bond acceptors (Lipinski definition) is 2. The van der Waals surface area contributed by atoms with Crippen molar-refractivity contribution in [2.24, 2.45) is 0 Å². The predicted molar refractivity (Wildman–Crippen MR) is 64.7 cm³/mol. The van der Waals surface area contributed by atoms with Gasteiger partial charge >= 0.3 is 5.97 Å². The van der Waals surface area contributed by atoms with Gasteiger partial charge in [-0.3, -0.25) is 9.00 Å². The van der Waals surface area contributed by atoms with Crippen LogP contribution in [-0.4, -0.2) is 20.0 Å². The van der Waals surface area contributed by atoms with Crippen LogP contribution < -0.4 is 0 Å². The Bertz CT molecular complexity index is 424. The van der Waals surface area contributed by atoms with Crippen molar-refractivity contribution in [3.05, 3.63) is 35.4 Å². The van der Waals surface area contributed by atoms with Gasteiger partial charge in [0.15, 0.2) is 0 Å². The van der Waals surface area contributed by atoms with Gasteiger partial charge in [-0.05, 0) is 31.9 Å². The van der Waals surface area contributed by atoms with Crippen molar-refractivity contribution >= 4 is 16.8 Å². The summed E-state index contributed by atoms with van der Waals surface area (Å²) in [6.07, 6.45) is 0. The molecule has 16 heavy (non-hydrogen) atoms. The maximum absolute atomic E-state index is 12.0. The van der Waals surface area contributed by atoms with E-state index in [9.17, 15) is 9.00 Å². The molecule has 0 saturated heterocycles. The summed E-state index contributed by atoms with van der Waals surface area (Å²) in [5.41, 5.74) is 1.98. The Morgan fingerprint density at radius 2 is 1.94 bits per heavy atom. The molecule has 88 valence electrons. The fourth-order valence-electron chi connectivity index (χ4n) is 1.19. The zero-order valence-electron chi connectivity index (χ0n) is 9.69. The molecule has 0 fully saturated rings. The van der Waals surface area contributed by atoms with Gasteiger partial charge in [0, 0.05) is 16.6 Å². The monoisotopic (exact) mass is 240 g/mol. The van der Waals surface area contributed by atoms with E-state index in [0.29, 0.717) is 0 Å². The minimum absolute atomic E-state index is 0.284. The molecule has 0 aliphatic carbocycles. The fraction of sp³-hybridized carbons (Fsp3) is 0.417. The third-order valence-electron chi connectivity index (χ3n) is 2.63. The van der Waals surface area contributed by atoms with Crippen LogP contribution >= 0.6 is 0 Å². The number of rotatable bonds is 4. The summed E-state index contributed by atoms with van der Waals surface area (Å²) >= 11 is 0. The SMILES string of the molecule is Cc1ccccc1CS(=O)C(C)(C)C(=O)O. The highest BCUT2D eigenvalue weighted by atomic mass is 32.2. The van der Waals surface area contributed by atoms with Crippen LogP contribution in [0.1, 0.15) is 25.0 Å². The highest BCUT2D eigenvalue weighted by molar-refractivity contribution is 7.86. The van der Waals surface area contributed by atoms with Crippen LogP contribution in [0.4, 0.5) is 0 Å². The first-order valence-corrected chi connectivity index (χ1v) is 6.34. The van der Waals surface area contributed by atoms with Gasteiger partial charge in [-0.25, -0.2) is 0 Å². The summed E-state index contributed by atoms with van der Waals surface area (Å²) in [5, 5.41) is 8.97. The summed E-state index contributed by atoms with van der Waals surface area (Å²) < 4.78 is 10.8. The second kappa shape index (κ2) is 4.78. The highest BCUT2D eigenvalue weighted by Crippen LogP contribution is 2.19. The van der Waals surface area contributed by atoms with Crippen LogP contribution in [0.15, 0.2) is 24.3 Å². The van der Waals surface area contributed by atoms with Gasteiger partial charge in [0.2, 0.25) is 0 Å². The van der Waals surface area contributed by atoms with E-state index in [-0.39, 0.29) is 5.75 Å². The van der Waals surface area contributed by atoms with Gasteiger partial charge in [0.25, 0.3) is 0 Å². The van der Waals surface area contributed by atoms with Gasteiger partial charge in [0.05, 0.1) is 0 Å². The molecule has 0 radical (unpaired) electrons. The second-order valence-corrected chi connectivity index (χ2v) is 6.23. The summed E-state index contributed by atoms with van der Waals surface area (Å²) in [5.74, 6) is -0.745. The van der Waals surface area contributed by atoms with Crippen molar-refractivity contribution in [3.8, 4) is 0 Å². The first-order valence-electron chi connectivity index (χ1n) is 5.02. The topological polar surface area (TPSA) is 54.4 Å². The van der Waals surface area contributed by atoms with E-state index in [1.54, 1.807) is 0 Å². The van der Waals surface area contributed by atoms with Gasteiger partial charge in [-0.1, -0.05) is 24.3 Å². The van der Waals surface area contributed by atoms with Crippen LogP contribution in [0.25, 0.3) is 0 Å². The van der Waals surface area contributed by atoms with Crippen molar-refractivity contribution in [2.75, 3.05) is 0 Å². The van der Waals surface area contributed by atoms with Crippen LogP contribution in [-0.2, 0) is 21.3 Å². The van der Waals surface area contributed by atoms with Gasteiger partial charge < -0.3 is 5.11 Å². The third-order valence-corrected chi connectivity index (χ3v) is 4.52. The van der Waals surface area contributed by atoms with E-state index in [1.807, 2.05) is 31.2 Å². The first-order chi connectivity index (χ1) is 7.35. The lowest BCUT2D eigenvalue weighted by atomic mass is 10.1. The molecule has 4 heteroatoms. The van der Waals surface area contributed by atoms with Crippen molar-refractivity contribution < 1.29 is 14.1 Å². The molecule has 1 rings (SSSR count). The number of aryl methyl sites for hydroxylation is 1. The number of hydrogen-bond donors (Lipinski definition) is 1. The van der Waals surface area contributed by atoms with Crippen molar-refractivity contribution in [2.45, 2.75) is 31.3 Å². The van der Waals surface area contributed by atoms with E-state index < -0.39 is 21.5 Å². The molecule has 1 N–H and O–H groups in total. The zero-order chi connectivity index (χ0) is 12.3. The Labute approximate surface area is 98.0 Å². The average molecular weight is 240 g/mol. The Balaban J connectivity index is 2.88. The van der Waals surface area contributed by atoms with Gasteiger partial charge in [-0.2, -0.15) is 0 Å². The molecule has 0 aromatic heterocycles. The lowest BCUT2D eigenvalue weighted by Gasteiger charge is -2.19. The van der Waals surface area contributed by atoms with Crippen molar-refractivity contribution in [1.29, 1.82) is 0 Å². The van der Waals surface area contributed by atoms with Crippen LogP contribution in [0.3, 0.4) is 0 Å². The fourth-order valence-corrected chi connectivity index (χ4v) is 2.35. The molecule has 0 heterocycles. The van der Waals surface area contributed by atoms with Gasteiger partial charge in [-0.15, -0.1) is 0 Å². The Morgan fingerprint density at radius 1 is 1.38 bits per heavy atom. The second-order valence-electron chi connectivity index (χ2n) is 4.23. The standard InChI is InChI=1S/C12H16O3S/c1-9-6-4-5-7-10(9)8-16(15)12(2,3)11(13)14/h4-7H,8H2,1-3H3,(H,13,14). The van der Waals surface area contributed by atoms with Gasteiger partial charge in [0.1, 0.15) is 4.75 Å².